The Morgan fingerprint density at radius 3 is 2.84 bits per heavy atom. The molecule has 0 saturated heterocycles. The van der Waals surface area contributed by atoms with Crippen molar-refractivity contribution in [2.75, 3.05) is 0 Å². The van der Waals surface area contributed by atoms with Gasteiger partial charge in [0.05, 0.1) is 17.1 Å². The van der Waals surface area contributed by atoms with Gasteiger partial charge in [0.2, 0.25) is 0 Å². The molecule has 1 N–H and O–H groups in total. The second-order valence-electron chi connectivity index (χ2n) is 3.96. The number of hydrogen-bond donors (Lipinski definition) is 1. The Morgan fingerprint density at radius 2 is 2.05 bits per heavy atom. The van der Waals surface area contributed by atoms with Gasteiger partial charge in [-0.1, -0.05) is 18.2 Å². The number of carbonyl (C=O) groups excluding carboxylic acids is 1. The van der Waals surface area contributed by atoms with Gasteiger partial charge in [-0.05, 0) is 18.2 Å². The number of hydrogen-bond acceptors (Lipinski definition) is 3. The highest BCUT2D eigenvalue weighted by Crippen LogP contribution is 2.21. The number of nitrogens with zero attached hydrogens (tertiary/aromatic N) is 1. The third-order valence-electron chi connectivity index (χ3n) is 2.68. The summed E-state index contributed by atoms with van der Waals surface area (Å²) in [5, 5.41) is 0.290. The van der Waals surface area contributed by atoms with Crippen LogP contribution < -0.4 is 4.74 Å². The van der Waals surface area contributed by atoms with Crippen LogP contribution in [0.3, 0.4) is 0 Å². The molecule has 0 aliphatic rings. The molecule has 3 rings (SSSR count). The lowest BCUT2D eigenvalue weighted by molar-refractivity contribution is 0.0734. The molecule has 2 aromatic heterocycles. The summed E-state index contributed by atoms with van der Waals surface area (Å²) in [5.41, 5.74) is 0.842. The summed E-state index contributed by atoms with van der Waals surface area (Å²) in [4.78, 5) is 18.5. The maximum atomic E-state index is 13.4. The number of rotatable bonds is 2. The van der Waals surface area contributed by atoms with E-state index in [1.807, 2.05) is 0 Å². The van der Waals surface area contributed by atoms with Crippen LogP contribution in [0.15, 0.2) is 48.8 Å². The summed E-state index contributed by atoms with van der Waals surface area (Å²) < 4.78 is 18.5. The molecular formula is C14H9FN2O2. The van der Waals surface area contributed by atoms with Crippen LogP contribution in [-0.4, -0.2) is 15.9 Å². The number of H-pyrrole nitrogens is 1. The van der Waals surface area contributed by atoms with Gasteiger partial charge in [-0.2, -0.15) is 0 Å². The monoisotopic (exact) mass is 256 g/mol. The van der Waals surface area contributed by atoms with E-state index >= 15 is 0 Å². The summed E-state index contributed by atoms with van der Waals surface area (Å²) in [6.45, 7) is 0. The van der Waals surface area contributed by atoms with E-state index in [0.717, 1.165) is 0 Å². The Hall–Kier alpha value is -2.69. The summed E-state index contributed by atoms with van der Waals surface area (Å²) >= 11 is 0. The number of aromatic nitrogens is 2. The Bertz CT molecular complexity index is 738. The average molecular weight is 256 g/mol. The van der Waals surface area contributed by atoms with Crippen molar-refractivity contribution in [3.8, 4) is 5.75 Å². The van der Waals surface area contributed by atoms with Crippen molar-refractivity contribution < 1.29 is 13.9 Å². The van der Waals surface area contributed by atoms with Crippen molar-refractivity contribution >= 4 is 17.0 Å². The number of halogens is 1. The van der Waals surface area contributed by atoms with Crippen LogP contribution in [0, 0.1) is 5.82 Å². The first kappa shape index (κ1) is 11.4. The molecule has 0 aliphatic heterocycles. The van der Waals surface area contributed by atoms with E-state index in [9.17, 15) is 9.18 Å². The molecule has 0 fully saturated rings. The van der Waals surface area contributed by atoms with Crippen LogP contribution in [-0.2, 0) is 0 Å². The SMILES string of the molecule is O=C(Oc1cnc2[nH]cc(F)c2c1)c1ccccc1. The second-order valence-corrected chi connectivity index (χ2v) is 3.96. The quantitative estimate of drug-likeness (QED) is 0.717. The number of esters is 1. The molecule has 0 saturated carbocycles. The Kier molecular flexibility index (Phi) is 2.72. The highest BCUT2D eigenvalue weighted by Gasteiger charge is 2.10. The zero-order chi connectivity index (χ0) is 13.2. The molecule has 4 nitrogen and oxygen atoms in total. The van der Waals surface area contributed by atoms with Crippen molar-refractivity contribution in [3.63, 3.8) is 0 Å². The van der Waals surface area contributed by atoms with Crippen molar-refractivity contribution in [1.29, 1.82) is 0 Å². The number of pyridine rings is 1. The third-order valence-corrected chi connectivity index (χ3v) is 2.68. The molecular weight excluding hydrogens is 247 g/mol. The fraction of sp³-hybridized carbons (Fsp3) is 0. The smallest absolute Gasteiger partial charge is 0.343 e. The van der Waals surface area contributed by atoms with E-state index in [-0.39, 0.29) is 5.75 Å². The first-order valence-corrected chi connectivity index (χ1v) is 5.64. The van der Waals surface area contributed by atoms with Gasteiger partial charge in [-0.25, -0.2) is 14.2 Å². The van der Waals surface area contributed by atoms with Gasteiger partial charge in [0.15, 0.2) is 0 Å². The zero-order valence-electron chi connectivity index (χ0n) is 9.76. The normalized spacial score (nSPS) is 10.6. The lowest BCUT2D eigenvalue weighted by Gasteiger charge is -2.03. The van der Waals surface area contributed by atoms with E-state index in [2.05, 4.69) is 9.97 Å². The lowest BCUT2D eigenvalue weighted by atomic mass is 10.2. The van der Waals surface area contributed by atoms with E-state index < -0.39 is 11.8 Å². The molecule has 0 bridgehead atoms. The third kappa shape index (κ3) is 2.18. The fourth-order valence-corrected chi connectivity index (χ4v) is 1.75. The van der Waals surface area contributed by atoms with Gasteiger partial charge >= 0.3 is 5.97 Å². The van der Waals surface area contributed by atoms with Crippen LogP contribution in [0.2, 0.25) is 0 Å². The first-order chi connectivity index (χ1) is 9.24. The highest BCUT2D eigenvalue weighted by molar-refractivity contribution is 5.91. The standard InChI is InChI=1S/C14H9FN2O2/c15-12-8-17-13-11(12)6-10(7-16-13)19-14(18)9-4-2-1-3-5-9/h1-8H,(H,16,17). The Balaban J connectivity index is 1.89. The second kappa shape index (κ2) is 4.53. The maximum absolute atomic E-state index is 13.4. The number of carbonyl (C=O) groups is 1. The number of nitrogens with one attached hydrogen (secondary N) is 1. The van der Waals surface area contributed by atoms with Crippen molar-refractivity contribution in [1.82, 2.24) is 9.97 Å². The fourth-order valence-electron chi connectivity index (χ4n) is 1.75. The minimum absolute atomic E-state index is 0.208. The van der Waals surface area contributed by atoms with Gasteiger partial charge in [-0.3, -0.25) is 0 Å². The van der Waals surface area contributed by atoms with Crippen LogP contribution in [0.4, 0.5) is 4.39 Å². The maximum Gasteiger partial charge on any atom is 0.343 e. The summed E-state index contributed by atoms with van der Waals surface area (Å²) in [6, 6.07) is 10.0. The van der Waals surface area contributed by atoms with E-state index in [1.54, 1.807) is 30.3 Å². The zero-order valence-corrected chi connectivity index (χ0v) is 9.76. The number of aromatic amines is 1. The molecule has 94 valence electrons. The van der Waals surface area contributed by atoms with E-state index in [1.165, 1.54) is 18.5 Å². The summed E-state index contributed by atoms with van der Waals surface area (Å²) in [7, 11) is 0. The molecule has 0 atom stereocenters. The molecule has 5 heteroatoms. The minimum atomic E-state index is -0.502. The van der Waals surface area contributed by atoms with Crippen molar-refractivity contribution in [2.45, 2.75) is 0 Å². The number of ether oxygens (including phenoxy) is 1. The Morgan fingerprint density at radius 1 is 1.26 bits per heavy atom. The molecule has 1 aromatic carbocycles. The number of fused-ring (bicyclic) bond motifs is 1. The largest absolute Gasteiger partial charge is 0.421 e. The van der Waals surface area contributed by atoms with E-state index in [0.29, 0.717) is 16.6 Å². The lowest BCUT2D eigenvalue weighted by Crippen LogP contribution is -2.08. The van der Waals surface area contributed by atoms with Crippen LogP contribution in [0.25, 0.3) is 11.0 Å². The van der Waals surface area contributed by atoms with Gasteiger partial charge in [0.25, 0.3) is 0 Å². The average Bonchev–Trinajstić information content (AvgIpc) is 2.81. The predicted molar refractivity (Wildman–Crippen MR) is 67.5 cm³/mol. The molecule has 3 aromatic rings. The molecule has 0 radical (unpaired) electrons. The molecule has 0 aliphatic carbocycles. The first-order valence-electron chi connectivity index (χ1n) is 5.64. The highest BCUT2D eigenvalue weighted by atomic mass is 19.1. The summed E-state index contributed by atoms with van der Waals surface area (Å²) in [6.07, 6.45) is 2.58. The van der Waals surface area contributed by atoms with Crippen LogP contribution in [0.5, 0.6) is 5.75 Å². The molecule has 0 spiro atoms. The minimum Gasteiger partial charge on any atom is -0.421 e. The van der Waals surface area contributed by atoms with Gasteiger partial charge in [0, 0.05) is 6.20 Å². The molecule has 0 amide bonds. The van der Waals surface area contributed by atoms with Crippen LogP contribution >= 0.6 is 0 Å². The van der Waals surface area contributed by atoms with Gasteiger partial charge < -0.3 is 9.72 Å². The van der Waals surface area contributed by atoms with Crippen LogP contribution in [0.1, 0.15) is 10.4 Å². The topological polar surface area (TPSA) is 55.0 Å². The van der Waals surface area contributed by atoms with Gasteiger partial charge in [0.1, 0.15) is 17.2 Å². The van der Waals surface area contributed by atoms with Crippen molar-refractivity contribution in [3.05, 3.63) is 60.2 Å². The summed E-state index contributed by atoms with van der Waals surface area (Å²) in [5.74, 6) is -0.724. The molecule has 2 heterocycles. The van der Waals surface area contributed by atoms with Crippen molar-refractivity contribution in [2.24, 2.45) is 0 Å². The van der Waals surface area contributed by atoms with Gasteiger partial charge in [-0.15, -0.1) is 0 Å². The predicted octanol–water partition coefficient (Wildman–Crippen LogP) is 2.92. The molecule has 19 heavy (non-hydrogen) atoms. The number of benzene rings is 1. The Labute approximate surface area is 107 Å². The molecule has 0 unspecified atom stereocenters. The van der Waals surface area contributed by atoms with E-state index in [4.69, 9.17) is 4.74 Å².